The molecule has 0 spiro atoms. The largest absolute Gasteiger partial charge is 0.496 e. The molecule has 0 unspecified atom stereocenters. The van der Waals surface area contributed by atoms with Crippen molar-refractivity contribution in [3.05, 3.63) is 40.0 Å². The average molecular weight is 328 g/mol. The van der Waals surface area contributed by atoms with Crippen LogP contribution in [0.15, 0.2) is 6.20 Å². The molecule has 5 nitrogen and oxygen atoms in total. The molecule has 0 bridgehead atoms. The van der Waals surface area contributed by atoms with Crippen LogP contribution in [-0.4, -0.2) is 33.3 Å². The van der Waals surface area contributed by atoms with E-state index in [1.807, 2.05) is 24.9 Å². The van der Waals surface area contributed by atoms with Crippen LogP contribution in [0.3, 0.4) is 0 Å². The van der Waals surface area contributed by atoms with Crippen LogP contribution in [0.5, 0.6) is 5.75 Å². The van der Waals surface area contributed by atoms with E-state index in [9.17, 15) is 0 Å². The minimum atomic E-state index is 0.437. The maximum absolute atomic E-state index is 5.56. The van der Waals surface area contributed by atoms with Crippen molar-refractivity contribution < 1.29 is 4.74 Å². The van der Waals surface area contributed by atoms with E-state index >= 15 is 0 Å². The Bertz CT molecular complexity index is 750. The van der Waals surface area contributed by atoms with Crippen molar-refractivity contribution in [2.75, 3.05) is 13.7 Å². The van der Waals surface area contributed by atoms with Crippen LogP contribution in [0.25, 0.3) is 0 Å². The van der Waals surface area contributed by atoms with Gasteiger partial charge in [-0.25, -0.2) is 0 Å². The van der Waals surface area contributed by atoms with Crippen molar-refractivity contribution in [3.8, 4) is 5.75 Å². The summed E-state index contributed by atoms with van der Waals surface area (Å²) in [6.45, 7) is 10.4. The summed E-state index contributed by atoms with van der Waals surface area (Å²) < 4.78 is 7.56. The Morgan fingerprint density at radius 3 is 2.62 bits per heavy atom. The summed E-state index contributed by atoms with van der Waals surface area (Å²) in [6.07, 6.45) is 4.34. The molecule has 1 atom stereocenters. The summed E-state index contributed by atoms with van der Waals surface area (Å²) in [5.74, 6) is 0.962. The number of hydrogen-bond donors (Lipinski definition) is 0. The third kappa shape index (κ3) is 2.81. The first-order valence-electron chi connectivity index (χ1n) is 8.67. The lowest BCUT2D eigenvalue weighted by molar-refractivity contribution is 0.243. The summed E-state index contributed by atoms with van der Waals surface area (Å²) in [7, 11) is 3.77. The second kappa shape index (κ2) is 6.55. The van der Waals surface area contributed by atoms with Crippen LogP contribution < -0.4 is 4.74 Å². The molecule has 3 rings (SSSR count). The lowest BCUT2D eigenvalue weighted by atomic mass is 10.0. The number of pyridine rings is 1. The highest BCUT2D eigenvalue weighted by molar-refractivity contribution is 5.41. The normalized spacial score (nSPS) is 18.3. The summed E-state index contributed by atoms with van der Waals surface area (Å²) in [5.41, 5.74) is 7.18. The van der Waals surface area contributed by atoms with Crippen molar-refractivity contribution in [2.24, 2.45) is 7.05 Å². The smallest absolute Gasteiger partial charge is 0.128 e. The van der Waals surface area contributed by atoms with Crippen LogP contribution in [0.2, 0.25) is 0 Å². The molecule has 1 aliphatic heterocycles. The van der Waals surface area contributed by atoms with Crippen LogP contribution in [0.4, 0.5) is 0 Å². The minimum Gasteiger partial charge on any atom is -0.496 e. The standard InChI is InChI=1S/C19H28N4O/c1-12-10-20-16(13(2)19(12)24-6)11-23-9-7-8-17(23)18-14(3)21-22(5)15(18)4/h10,17H,7-9,11H2,1-6H3/t17-/m0/s1. The Kier molecular flexibility index (Phi) is 4.63. The van der Waals surface area contributed by atoms with Gasteiger partial charge in [0.2, 0.25) is 0 Å². The predicted octanol–water partition coefficient (Wildman–Crippen LogP) is 3.39. The van der Waals surface area contributed by atoms with Gasteiger partial charge >= 0.3 is 0 Å². The molecule has 0 saturated carbocycles. The number of hydrogen-bond acceptors (Lipinski definition) is 4. The molecule has 0 N–H and O–H groups in total. The fourth-order valence-electron chi connectivity index (χ4n) is 4.04. The van der Waals surface area contributed by atoms with E-state index in [1.54, 1.807) is 7.11 Å². The predicted molar refractivity (Wildman–Crippen MR) is 95.3 cm³/mol. The third-order valence-electron chi connectivity index (χ3n) is 5.36. The highest BCUT2D eigenvalue weighted by Crippen LogP contribution is 2.37. The molecule has 1 saturated heterocycles. The Balaban J connectivity index is 1.90. The van der Waals surface area contributed by atoms with E-state index in [2.05, 4.69) is 35.8 Å². The van der Waals surface area contributed by atoms with Crippen molar-refractivity contribution in [1.82, 2.24) is 19.7 Å². The van der Waals surface area contributed by atoms with E-state index in [4.69, 9.17) is 4.74 Å². The second-order valence-corrected chi connectivity index (χ2v) is 6.88. The minimum absolute atomic E-state index is 0.437. The molecule has 3 heterocycles. The first-order valence-corrected chi connectivity index (χ1v) is 8.67. The fraction of sp³-hybridized carbons (Fsp3) is 0.579. The lowest BCUT2D eigenvalue weighted by Crippen LogP contribution is -2.24. The van der Waals surface area contributed by atoms with Gasteiger partial charge in [0.05, 0.1) is 18.5 Å². The van der Waals surface area contributed by atoms with Gasteiger partial charge in [-0.15, -0.1) is 0 Å². The number of methoxy groups -OCH3 is 1. The number of likely N-dealkylation sites (tertiary alicyclic amines) is 1. The third-order valence-corrected chi connectivity index (χ3v) is 5.36. The molecule has 0 aromatic carbocycles. The molecule has 0 amide bonds. The van der Waals surface area contributed by atoms with Crippen LogP contribution in [-0.2, 0) is 13.6 Å². The van der Waals surface area contributed by atoms with Gasteiger partial charge in [-0.3, -0.25) is 14.6 Å². The highest BCUT2D eigenvalue weighted by Gasteiger charge is 2.31. The molecule has 130 valence electrons. The monoisotopic (exact) mass is 328 g/mol. The number of ether oxygens (including phenoxy) is 1. The van der Waals surface area contributed by atoms with Crippen molar-refractivity contribution in [2.45, 2.75) is 53.1 Å². The van der Waals surface area contributed by atoms with Gasteiger partial charge in [-0.05, 0) is 47.1 Å². The maximum Gasteiger partial charge on any atom is 0.128 e. The first kappa shape index (κ1) is 17.0. The summed E-state index contributed by atoms with van der Waals surface area (Å²) in [4.78, 5) is 7.23. The number of aromatic nitrogens is 3. The fourth-order valence-corrected chi connectivity index (χ4v) is 4.04. The molecular formula is C19H28N4O. The van der Waals surface area contributed by atoms with Crippen molar-refractivity contribution in [1.29, 1.82) is 0 Å². The van der Waals surface area contributed by atoms with E-state index in [1.165, 1.54) is 24.1 Å². The molecule has 0 aliphatic carbocycles. The van der Waals surface area contributed by atoms with Crippen molar-refractivity contribution in [3.63, 3.8) is 0 Å². The van der Waals surface area contributed by atoms with Crippen LogP contribution in [0.1, 0.15) is 52.7 Å². The van der Waals surface area contributed by atoms with Crippen LogP contribution in [0, 0.1) is 27.7 Å². The molecular weight excluding hydrogens is 300 g/mol. The number of nitrogens with zero attached hydrogens (tertiary/aromatic N) is 4. The average Bonchev–Trinajstić information content (AvgIpc) is 3.07. The zero-order valence-electron chi connectivity index (χ0n) is 15.7. The summed E-state index contributed by atoms with van der Waals surface area (Å²) in [6, 6.07) is 0.437. The molecule has 5 heteroatoms. The molecule has 1 aliphatic rings. The number of aryl methyl sites for hydroxylation is 3. The summed E-state index contributed by atoms with van der Waals surface area (Å²) in [5, 5.41) is 4.61. The highest BCUT2D eigenvalue weighted by atomic mass is 16.5. The Morgan fingerprint density at radius 1 is 1.25 bits per heavy atom. The first-order chi connectivity index (χ1) is 11.4. The second-order valence-electron chi connectivity index (χ2n) is 6.88. The van der Waals surface area contributed by atoms with E-state index < -0.39 is 0 Å². The molecule has 0 radical (unpaired) electrons. The zero-order valence-corrected chi connectivity index (χ0v) is 15.7. The van der Waals surface area contributed by atoms with Crippen molar-refractivity contribution >= 4 is 0 Å². The van der Waals surface area contributed by atoms with Gasteiger partial charge in [0, 0.05) is 48.2 Å². The summed E-state index contributed by atoms with van der Waals surface area (Å²) >= 11 is 0. The Morgan fingerprint density at radius 2 is 2.00 bits per heavy atom. The van der Waals surface area contributed by atoms with Gasteiger partial charge in [0.1, 0.15) is 5.75 Å². The molecule has 1 fully saturated rings. The molecule has 2 aromatic rings. The van der Waals surface area contributed by atoms with Gasteiger partial charge in [0.15, 0.2) is 0 Å². The Labute approximate surface area is 144 Å². The van der Waals surface area contributed by atoms with E-state index in [0.717, 1.165) is 41.4 Å². The van der Waals surface area contributed by atoms with E-state index in [-0.39, 0.29) is 0 Å². The Hall–Kier alpha value is -1.88. The topological polar surface area (TPSA) is 43.2 Å². The zero-order chi connectivity index (χ0) is 17.4. The van der Waals surface area contributed by atoms with Gasteiger partial charge in [-0.2, -0.15) is 5.10 Å². The number of rotatable bonds is 4. The van der Waals surface area contributed by atoms with Gasteiger partial charge in [0.25, 0.3) is 0 Å². The maximum atomic E-state index is 5.56. The lowest BCUT2D eigenvalue weighted by Gasteiger charge is -2.26. The molecule has 24 heavy (non-hydrogen) atoms. The molecule has 2 aromatic heterocycles. The van der Waals surface area contributed by atoms with Crippen LogP contribution >= 0.6 is 0 Å². The van der Waals surface area contributed by atoms with Gasteiger partial charge in [-0.1, -0.05) is 0 Å². The quantitative estimate of drug-likeness (QED) is 0.863. The van der Waals surface area contributed by atoms with Gasteiger partial charge < -0.3 is 4.74 Å². The van der Waals surface area contributed by atoms with E-state index in [0.29, 0.717) is 6.04 Å². The SMILES string of the molecule is COc1c(C)cnc(CN2CCC[C@H]2c2c(C)nn(C)c2C)c1C.